The van der Waals surface area contributed by atoms with E-state index in [1.54, 1.807) is 0 Å². The summed E-state index contributed by atoms with van der Waals surface area (Å²) in [4.78, 5) is 0. The van der Waals surface area contributed by atoms with Crippen molar-refractivity contribution in [3.05, 3.63) is 0 Å². The molecule has 1 unspecified atom stereocenters. The van der Waals surface area contributed by atoms with Crippen molar-refractivity contribution in [2.45, 2.75) is 92.9 Å². The van der Waals surface area contributed by atoms with Gasteiger partial charge in [0.25, 0.3) is 0 Å². The zero-order valence-corrected chi connectivity index (χ0v) is 13.3. The number of rotatable bonds is 10. The zero-order valence-electron chi connectivity index (χ0n) is 13.3. The molecule has 0 N–H and O–H groups in total. The van der Waals surface area contributed by atoms with Crippen LogP contribution in [0.15, 0.2) is 0 Å². The predicted octanol–water partition coefficient (Wildman–Crippen LogP) is 6.45. The SMILES string of the molecule is CCCCCC(CC)(CC)CC(CC)C(C)C. The molecule has 1 atom stereocenters. The van der Waals surface area contributed by atoms with Crippen LogP contribution in [0.4, 0.5) is 0 Å². The molecule has 0 amide bonds. The van der Waals surface area contributed by atoms with Crippen molar-refractivity contribution in [3.63, 3.8) is 0 Å². The van der Waals surface area contributed by atoms with E-state index in [9.17, 15) is 0 Å². The molecule has 0 aromatic rings. The molecule has 0 heterocycles. The van der Waals surface area contributed by atoms with Crippen molar-refractivity contribution >= 4 is 0 Å². The van der Waals surface area contributed by atoms with Crippen molar-refractivity contribution in [1.29, 1.82) is 0 Å². The maximum atomic E-state index is 2.41. The number of hydrogen-bond donors (Lipinski definition) is 0. The van der Waals surface area contributed by atoms with E-state index in [1.807, 2.05) is 0 Å². The molecular weight excluding hydrogens is 204 g/mol. The molecule has 0 aliphatic rings. The Morgan fingerprint density at radius 1 is 0.882 bits per heavy atom. The van der Waals surface area contributed by atoms with E-state index < -0.39 is 0 Å². The fourth-order valence-electron chi connectivity index (χ4n) is 3.15. The smallest absolute Gasteiger partial charge is 0.0300 e. The average Bonchev–Trinajstić information content (AvgIpc) is 2.33. The Hall–Kier alpha value is 0. The molecule has 0 fully saturated rings. The minimum Gasteiger partial charge on any atom is -0.0654 e. The summed E-state index contributed by atoms with van der Waals surface area (Å²) in [6.07, 6.45) is 11.2. The standard InChI is InChI=1S/C17H36/c1-7-11-12-13-17(9-3,10-4)14-16(8-2)15(5)6/h15-16H,7-14H2,1-6H3. The van der Waals surface area contributed by atoms with Gasteiger partial charge in [-0.05, 0) is 30.1 Å². The summed E-state index contributed by atoms with van der Waals surface area (Å²) in [6.45, 7) is 14.3. The topological polar surface area (TPSA) is 0 Å². The van der Waals surface area contributed by atoms with Gasteiger partial charge in [-0.2, -0.15) is 0 Å². The Kier molecular flexibility index (Phi) is 9.00. The third kappa shape index (κ3) is 5.93. The van der Waals surface area contributed by atoms with Crippen LogP contribution >= 0.6 is 0 Å². The van der Waals surface area contributed by atoms with Crippen LogP contribution in [-0.4, -0.2) is 0 Å². The van der Waals surface area contributed by atoms with Crippen LogP contribution in [-0.2, 0) is 0 Å². The van der Waals surface area contributed by atoms with Gasteiger partial charge >= 0.3 is 0 Å². The second-order valence-corrected chi connectivity index (χ2v) is 6.28. The Labute approximate surface area is 111 Å². The highest BCUT2D eigenvalue weighted by Gasteiger charge is 2.29. The quantitative estimate of drug-likeness (QED) is 0.385. The van der Waals surface area contributed by atoms with Gasteiger partial charge in [0.05, 0.1) is 0 Å². The molecule has 104 valence electrons. The first kappa shape index (κ1) is 17.0. The molecule has 0 aromatic heterocycles. The first-order valence-corrected chi connectivity index (χ1v) is 8.05. The molecule has 0 radical (unpaired) electrons. The van der Waals surface area contributed by atoms with Gasteiger partial charge < -0.3 is 0 Å². The van der Waals surface area contributed by atoms with Crippen LogP contribution in [0, 0.1) is 17.3 Å². The summed E-state index contributed by atoms with van der Waals surface area (Å²) in [6, 6.07) is 0. The minimum absolute atomic E-state index is 0.639. The summed E-state index contributed by atoms with van der Waals surface area (Å²) in [5.41, 5.74) is 0.639. The third-order valence-corrected chi connectivity index (χ3v) is 4.97. The lowest BCUT2D eigenvalue weighted by Gasteiger charge is -2.37. The summed E-state index contributed by atoms with van der Waals surface area (Å²) < 4.78 is 0. The van der Waals surface area contributed by atoms with Gasteiger partial charge in [-0.15, -0.1) is 0 Å². The zero-order chi connectivity index (χ0) is 13.3. The highest BCUT2D eigenvalue weighted by atomic mass is 14.3. The maximum Gasteiger partial charge on any atom is -0.0300 e. The molecule has 0 saturated carbocycles. The summed E-state index contributed by atoms with van der Waals surface area (Å²) >= 11 is 0. The highest BCUT2D eigenvalue weighted by molar-refractivity contribution is 4.80. The lowest BCUT2D eigenvalue weighted by Crippen LogP contribution is -2.25. The molecule has 0 saturated heterocycles. The molecule has 0 aliphatic carbocycles. The van der Waals surface area contributed by atoms with Gasteiger partial charge in [0.2, 0.25) is 0 Å². The summed E-state index contributed by atoms with van der Waals surface area (Å²) in [5, 5.41) is 0. The molecule has 0 aromatic carbocycles. The van der Waals surface area contributed by atoms with Crippen molar-refractivity contribution in [1.82, 2.24) is 0 Å². The van der Waals surface area contributed by atoms with Crippen LogP contribution in [0.2, 0.25) is 0 Å². The normalized spacial score (nSPS) is 14.3. The largest absolute Gasteiger partial charge is 0.0654 e. The van der Waals surface area contributed by atoms with E-state index >= 15 is 0 Å². The van der Waals surface area contributed by atoms with Crippen molar-refractivity contribution < 1.29 is 0 Å². The fraction of sp³-hybridized carbons (Fsp3) is 1.00. The Bertz CT molecular complexity index is 165. The van der Waals surface area contributed by atoms with Crippen molar-refractivity contribution in [2.75, 3.05) is 0 Å². The molecule has 0 spiro atoms. The minimum atomic E-state index is 0.639. The van der Waals surface area contributed by atoms with Crippen LogP contribution in [0.3, 0.4) is 0 Å². The van der Waals surface area contributed by atoms with E-state index in [0.717, 1.165) is 11.8 Å². The van der Waals surface area contributed by atoms with Crippen LogP contribution < -0.4 is 0 Å². The van der Waals surface area contributed by atoms with Gasteiger partial charge in [0.1, 0.15) is 0 Å². The monoisotopic (exact) mass is 240 g/mol. The molecular formula is C17H36. The maximum absolute atomic E-state index is 2.41. The van der Waals surface area contributed by atoms with Gasteiger partial charge in [0, 0.05) is 0 Å². The molecule has 17 heavy (non-hydrogen) atoms. The van der Waals surface area contributed by atoms with E-state index in [1.165, 1.54) is 51.4 Å². The van der Waals surface area contributed by atoms with Crippen molar-refractivity contribution in [3.8, 4) is 0 Å². The van der Waals surface area contributed by atoms with E-state index in [2.05, 4.69) is 41.5 Å². The second kappa shape index (κ2) is 9.00. The first-order valence-electron chi connectivity index (χ1n) is 8.05. The van der Waals surface area contributed by atoms with Crippen LogP contribution in [0.25, 0.3) is 0 Å². The molecule has 0 bridgehead atoms. The average molecular weight is 240 g/mol. The highest BCUT2D eigenvalue weighted by Crippen LogP contribution is 2.41. The van der Waals surface area contributed by atoms with Crippen LogP contribution in [0.5, 0.6) is 0 Å². The molecule has 0 nitrogen and oxygen atoms in total. The first-order chi connectivity index (χ1) is 8.05. The second-order valence-electron chi connectivity index (χ2n) is 6.28. The predicted molar refractivity (Wildman–Crippen MR) is 80.4 cm³/mol. The van der Waals surface area contributed by atoms with E-state index in [-0.39, 0.29) is 0 Å². The van der Waals surface area contributed by atoms with Gasteiger partial charge in [-0.25, -0.2) is 0 Å². The summed E-state index contributed by atoms with van der Waals surface area (Å²) in [5.74, 6) is 1.78. The third-order valence-electron chi connectivity index (χ3n) is 4.97. The van der Waals surface area contributed by atoms with Gasteiger partial charge in [-0.3, -0.25) is 0 Å². The van der Waals surface area contributed by atoms with Gasteiger partial charge in [0.15, 0.2) is 0 Å². The molecule has 0 heteroatoms. The summed E-state index contributed by atoms with van der Waals surface area (Å²) in [7, 11) is 0. The lowest BCUT2D eigenvalue weighted by atomic mass is 9.69. The van der Waals surface area contributed by atoms with Crippen molar-refractivity contribution in [2.24, 2.45) is 17.3 Å². The van der Waals surface area contributed by atoms with Crippen LogP contribution in [0.1, 0.15) is 92.9 Å². The fourth-order valence-corrected chi connectivity index (χ4v) is 3.15. The Morgan fingerprint density at radius 3 is 1.82 bits per heavy atom. The number of hydrogen-bond acceptors (Lipinski definition) is 0. The molecule has 0 aliphatic heterocycles. The Morgan fingerprint density at radius 2 is 1.47 bits per heavy atom. The number of unbranched alkanes of at least 4 members (excludes halogenated alkanes) is 2. The lowest BCUT2D eigenvalue weighted by molar-refractivity contribution is 0.147. The molecule has 0 rings (SSSR count). The van der Waals surface area contributed by atoms with E-state index in [4.69, 9.17) is 0 Å². The van der Waals surface area contributed by atoms with Gasteiger partial charge in [-0.1, -0.05) is 80.1 Å². The van der Waals surface area contributed by atoms with E-state index in [0.29, 0.717) is 5.41 Å². The Balaban J connectivity index is 4.46.